The van der Waals surface area contributed by atoms with E-state index in [1.807, 2.05) is 0 Å². The smallest absolute Gasteiger partial charge is 0.260 e. The molecule has 2 aliphatic rings. The minimum Gasteiger partial charge on any atom is -0.351 e. The second-order valence-electron chi connectivity index (χ2n) is 7.40. The van der Waals surface area contributed by atoms with Crippen molar-refractivity contribution < 1.29 is 18.0 Å². The summed E-state index contributed by atoms with van der Waals surface area (Å²) in [7, 11) is 0. The van der Waals surface area contributed by atoms with Crippen LogP contribution in [0.15, 0.2) is 30.6 Å². The van der Waals surface area contributed by atoms with E-state index in [0.29, 0.717) is 37.4 Å². The van der Waals surface area contributed by atoms with Crippen LogP contribution in [0.3, 0.4) is 0 Å². The molecule has 0 spiro atoms. The van der Waals surface area contributed by atoms with Crippen molar-refractivity contribution in [2.45, 2.75) is 44.2 Å². The standard InChI is InChI=1S/C19H22F3N5O/c20-14-4-2-1-3-13(14)9-17(28)26-7-5-12(6-8-26)15-10-16(18(21)22)27-19(25-15)23-11-24-27/h1-4,11-12,15-16,18H,5-10H2,(H,23,24,25)/t15-,16+/m0/s1. The van der Waals surface area contributed by atoms with E-state index in [1.54, 1.807) is 23.1 Å². The van der Waals surface area contributed by atoms with Gasteiger partial charge in [0.1, 0.15) is 18.2 Å². The van der Waals surface area contributed by atoms with E-state index >= 15 is 0 Å². The maximum absolute atomic E-state index is 13.8. The second kappa shape index (κ2) is 7.81. The first-order valence-corrected chi connectivity index (χ1v) is 9.48. The summed E-state index contributed by atoms with van der Waals surface area (Å²) in [4.78, 5) is 18.3. The molecule has 1 saturated heterocycles. The predicted molar refractivity (Wildman–Crippen MR) is 96.5 cm³/mol. The highest BCUT2D eigenvalue weighted by Crippen LogP contribution is 2.35. The lowest BCUT2D eigenvalue weighted by Gasteiger charge is -2.40. The van der Waals surface area contributed by atoms with Gasteiger partial charge in [0.15, 0.2) is 0 Å². The third kappa shape index (κ3) is 3.70. The molecular formula is C19H22F3N5O. The molecule has 3 heterocycles. The van der Waals surface area contributed by atoms with E-state index in [-0.39, 0.29) is 36.5 Å². The van der Waals surface area contributed by atoms with E-state index in [4.69, 9.17) is 0 Å². The molecule has 0 saturated carbocycles. The highest BCUT2D eigenvalue weighted by atomic mass is 19.3. The number of carbonyl (C=O) groups is 1. The van der Waals surface area contributed by atoms with Gasteiger partial charge in [0, 0.05) is 19.1 Å². The van der Waals surface area contributed by atoms with Gasteiger partial charge in [0.05, 0.1) is 6.42 Å². The number of aromatic nitrogens is 3. The number of hydrogen-bond acceptors (Lipinski definition) is 4. The first kappa shape index (κ1) is 18.8. The average molecular weight is 393 g/mol. The van der Waals surface area contributed by atoms with Crippen LogP contribution in [0.1, 0.15) is 30.9 Å². The van der Waals surface area contributed by atoms with Crippen LogP contribution in [0.25, 0.3) is 0 Å². The Balaban J connectivity index is 1.35. The number of nitrogens with zero attached hydrogens (tertiary/aromatic N) is 4. The van der Waals surface area contributed by atoms with Crippen LogP contribution in [0.4, 0.5) is 19.1 Å². The van der Waals surface area contributed by atoms with Crippen LogP contribution in [-0.2, 0) is 11.2 Å². The number of carbonyl (C=O) groups excluding carboxylic acids is 1. The van der Waals surface area contributed by atoms with Crippen molar-refractivity contribution in [2.75, 3.05) is 18.4 Å². The number of rotatable bonds is 4. The Kier molecular flexibility index (Phi) is 5.23. The van der Waals surface area contributed by atoms with Crippen molar-refractivity contribution in [1.29, 1.82) is 0 Å². The molecule has 4 rings (SSSR count). The molecule has 0 radical (unpaired) electrons. The molecule has 9 heteroatoms. The molecule has 0 bridgehead atoms. The Labute approximate surface area is 160 Å². The molecule has 2 aromatic rings. The van der Waals surface area contributed by atoms with Gasteiger partial charge in [-0.1, -0.05) is 18.2 Å². The van der Waals surface area contributed by atoms with Crippen molar-refractivity contribution in [1.82, 2.24) is 19.7 Å². The molecule has 1 aromatic carbocycles. The summed E-state index contributed by atoms with van der Waals surface area (Å²) in [5, 5.41) is 7.13. The summed E-state index contributed by atoms with van der Waals surface area (Å²) in [6.07, 6.45) is 0.518. The van der Waals surface area contributed by atoms with Gasteiger partial charge < -0.3 is 10.2 Å². The Morgan fingerprint density at radius 2 is 2.00 bits per heavy atom. The zero-order valence-electron chi connectivity index (χ0n) is 15.3. The SMILES string of the molecule is O=C(Cc1ccccc1F)N1CCC([C@@H]2C[C@H](C(F)F)n3ncnc3N2)CC1. The van der Waals surface area contributed by atoms with E-state index in [0.717, 1.165) is 0 Å². The highest BCUT2D eigenvalue weighted by Gasteiger charge is 2.38. The summed E-state index contributed by atoms with van der Waals surface area (Å²) in [5.74, 6) is 0.0634. The quantitative estimate of drug-likeness (QED) is 0.868. The average Bonchev–Trinajstić information content (AvgIpc) is 3.17. The van der Waals surface area contributed by atoms with Crippen molar-refractivity contribution in [2.24, 2.45) is 5.92 Å². The summed E-state index contributed by atoms with van der Waals surface area (Å²) in [6, 6.07) is 5.17. The first-order chi connectivity index (χ1) is 13.5. The number of alkyl halides is 2. The lowest BCUT2D eigenvalue weighted by atomic mass is 9.85. The molecular weight excluding hydrogens is 371 g/mol. The zero-order valence-corrected chi connectivity index (χ0v) is 15.3. The fraction of sp³-hybridized carbons (Fsp3) is 0.526. The van der Waals surface area contributed by atoms with E-state index in [2.05, 4.69) is 15.4 Å². The van der Waals surface area contributed by atoms with Crippen molar-refractivity contribution >= 4 is 11.9 Å². The number of hydrogen-bond donors (Lipinski definition) is 1. The van der Waals surface area contributed by atoms with Gasteiger partial charge in [-0.05, 0) is 36.8 Å². The fourth-order valence-electron chi connectivity index (χ4n) is 4.17. The lowest BCUT2D eigenvalue weighted by molar-refractivity contribution is -0.132. The number of anilines is 1. The van der Waals surface area contributed by atoms with Crippen molar-refractivity contribution in [3.8, 4) is 0 Å². The molecule has 28 heavy (non-hydrogen) atoms. The third-order valence-electron chi connectivity index (χ3n) is 5.75. The summed E-state index contributed by atoms with van der Waals surface area (Å²) in [6.45, 7) is 1.09. The van der Waals surface area contributed by atoms with Crippen LogP contribution >= 0.6 is 0 Å². The predicted octanol–water partition coefficient (Wildman–Crippen LogP) is 2.89. The summed E-state index contributed by atoms with van der Waals surface area (Å²) < 4.78 is 41.9. The van der Waals surface area contributed by atoms with Gasteiger partial charge >= 0.3 is 0 Å². The maximum Gasteiger partial charge on any atom is 0.260 e. The van der Waals surface area contributed by atoms with Gasteiger partial charge in [0.25, 0.3) is 6.43 Å². The third-order valence-corrected chi connectivity index (χ3v) is 5.75. The van der Waals surface area contributed by atoms with E-state index in [9.17, 15) is 18.0 Å². The topological polar surface area (TPSA) is 63.1 Å². The summed E-state index contributed by atoms with van der Waals surface area (Å²) >= 11 is 0. The highest BCUT2D eigenvalue weighted by molar-refractivity contribution is 5.78. The van der Waals surface area contributed by atoms with Crippen LogP contribution in [-0.4, -0.2) is 51.1 Å². The Morgan fingerprint density at radius 1 is 1.25 bits per heavy atom. The van der Waals surface area contributed by atoms with Crippen LogP contribution < -0.4 is 5.32 Å². The number of fused-ring (bicyclic) bond motifs is 1. The van der Waals surface area contributed by atoms with Crippen LogP contribution in [0.5, 0.6) is 0 Å². The summed E-state index contributed by atoms with van der Waals surface area (Å²) in [5.41, 5.74) is 0.391. The molecule has 2 aliphatic heterocycles. The zero-order chi connectivity index (χ0) is 19.7. The maximum atomic E-state index is 13.8. The number of halogens is 3. The number of piperidine rings is 1. The van der Waals surface area contributed by atoms with E-state index in [1.165, 1.54) is 17.1 Å². The van der Waals surface area contributed by atoms with E-state index < -0.39 is 12.5 Å². The number of likely N-dealkylation sites (tertiary alicyclic amines) is 1. The number of benzene rings is 1. The number of amides is 1. The molecule has 2 atom stereocenters. The molecule has 1 N–H and O–H groups in total. The van der Waals surface area contributed by atoms with Crippen molar-refractivity contribution in [3.05, 3.63) is 42.0 Å². The van der Waals surface area contributed by atoms with Crippen LogP contribution in [0.2, 0.25) is 0 Å². The Bertz CT molecular complexity index is 834. The van der Waals surface area contributed by atoms with Gasteiger partial charge in [0.2, 0.25) is 11.9 Å². The minimum atomic E-state index is -2.51. The van der Waals surface area contributed by atoms with Gasteiger partial charge in [-0.3, -0.25) is 4.79 Å². The minimum absolute atomic E-state index is 0.0373. The Hall–Kier alpha value is -2.58. The van der Waals surface area contributed by atoms with Gasteiger partial charge in [-0.2, -0.15) is 10.1 Å². The van der Waals surface area contributed by atoms with Crippen LogP contribution in [0, 0.1) is 11.7 Å². The van der Waals surface area contributed by atoms with Gasteiger partial charge in [-0.15, -0.1) is 0 Å². The van der Waals surface area contributed by atoms with Crippen molar-refractivity contribution in [3.63, 3.8) is 0 Å². The second-order valence-corrected chi connectivity index (χ2v) is 7.40. The normalized spacial score (nSPS) is 22.8. The molecule has 0 aliphatic carbocycles. The molecule has 0 unspecified atom stereocenters. The molecule has 6 nitrogen and oxygen atoms in total. The van der Waals surface area contributed by atoms with Gasteiger partial charge in [-0.25, -0.2) is 17.9 Å². The molecule has 1 amide bonds. The number of nitrogens with one attached hydrogen (secondary N) is 1. The fourth-order valence-corrected chi connectivity index (χ4v) is 4.17. The Morgan fingerprint density at radius 3 is 2.71 bits per heavy atom. The monoisotopic (exact) mass is 393 g/mol. The molecule has 150 valence electrons. The largest absolute Gasteiger partial charge is 0.351 e. The molecule has 1 fully saturated rings. The molecule has 1 aromatic heterocycles. The first-order valence-electron chi connectivity index (χ1n) is 9.48. The lowest BCUT2D eigenvalue weighted by Crippen LogP contribution is -2.46.